The third-order valence-electron chi connectivity index (χ3n) is 3.48. The average molecular weight is 292 g/mol. The number of hydrogen-bond acceptors (Lipinski definition) is 6. The Morgan fingerprint density at radius 1 is 1.38 bits per heavy atom. The molecular formula is C15H24N4O2. The van der Waals surface area contributed by atoms with Crippen molar-refractivity contribution in [1.82, 2.24) is 10.0 Å². The minimum absolute atomic E-state index is 0.200. The number of nitrogens with two attached hydrogens (primary N) is 1. The van der Waals surface area contributed by atoms with Crippen LogP contribution < -0.4 is 10.6 Å². The summed E-state index contributed by atoms with van der Waals surface area (Å²) in [5, 5.41) is 1.74. The molecule has 0 spiro atoms. The lowest BCUT2D eigenvalue weighted by atomic mass is 9.98. The smallest absolute Gasteiger partial charge is 0.330 e. The Kier molecular flexibility index (Phi) is 4.37. The van der Waals surface area contributed by atoms with Crippen LogP contribution in [0.15, 0.2) is 18.3 Å². The summed E-state index contributed by atoms with van der Waals surface area (Å²) < 4.78 is 0. The molecule has 1 fully saturated rings. The lowest BCUT2D eigenvalue weighted by Gasteiger charge is -2.39. The van der Waals surface area contributed by atoms with Gasteiger partial charge in [-0.15, -0.1) is 5.06 Å². The fourth-order valence-corrected chi connectivity index (χ4v) is 2.17. The van der Waals surface area contributed by atoms with E-state index in [-0.39, 0.29) is 12.0 Å². The number of aromatic nitrogens is 1. The molecular weight excluding hydrogens is 268 g/mol. The van der Waals surface area contributed by atoms with Crippen molar-refractivity contribution in [2.24, 2.45) is 5.41 Å². The van der Waals surface area contributed by atoms with Crippen molar-refractivity contribution in [2.45, 2.75) is 33.7 Å². The lowest BCUT2D eigenvalue weighted by Crippen LogP contribution is -2.53. The Bertz CT molecular complexity index is 495. The molecule has 0 bridgehead atoms. The van der Waals surface area contributed by atoms with E-state index >= 15 is 0 Å². The molecule has 0 amide bonds. The first-order valence-electron chi connectivity index (χ1n) is 7.23. The standard InChI is InChI=1S/C15H24N4O2/c1-11-10-18(21-14(20)15(2,3)4)7-8-19(11)13-6-5-12(16)9-17-13/h5-6,9,11H,7-8,10,16H2,1-4H3. The third-order valence-corrected chi connectivity index (χ3v) is 3.48. The van der Waals surface area contributed by atoms with Gasteiger partial charge in [-0.3, -0.25) is 0 Å². The van der Waals surface area contributed by atoms with Crippen LogP contribution >= 0.6 is 0 Å². The van der Waals surface area contributed by atoms with E-state index in [1.165, 1.54) is 0 Å². The van der Waals surface area contributed by atoms with Crippen molar-refractivity contribution in [3.63, 3.8) is 0 Å². The number of piperazine rings is 1. The molecule has 6 heteroatoms. The highest BCUT2D eigenvalue weighted by Crippen LogP contribution is 2.21. The second-order valence-corrected chi connectivity index (χ2v) is 6.51. The molecule has 2 rings (SSSR count). The van der Waals surface area contributed by atoms with Crippen LogP contribution in [-0.2, 0) is 9.63 Å². The number of carbonyl (C=O) groups is 1. The molecule has 1 aromatic heterocycles. The van der Waals surface area contributed by atoms with Crippen LogP contribution in [0.25, 0.3) is 0 Å². The van der Waals surface area contributed by atoms with E-state index in [0.29, 0.717) is 18.8 Å². The van der Waals surface area contributed by atoms with Crippen LogP contribution in [0, 0.1) is 5.41 Å². The van der Waals surface area contributed by atoms with Crippen molar-refractivity contribution < 1.29 is 9.63 Å². The van der Waals surface area contributed by atoms with Gasteiger partial charge in [0.25, 0.3) is 0 Å². The SMILES string of the molecule is CC1CN(OC(=O)C(C)(C)C)CCN1c1ccc(N)cn1. The Labute approximate surface area is 125 Å². The molecule has 0 aromatic carbocycles. The molecule has 21 heavy (non-hydrogen) atoms. The van der Waals surface area contributed by atoms with Gasteiger partial charge in [0.15, 0.2) is 0 Å². The van der Waals surface area contributed by atoms with Gasteiger partial charge < -0.3 is 15.5 Å². The zero-order valence-corrected chi connectivity index (χ0v) is 13.2. The number of hydroxylamine groups is 2. The minimum Gasteiger partial charge on any atom is -0.397 e. The van der Waals surface area contributed by atoms with Crippen molar-refractivity contribution in [2.75, 3.05) is 30.3 Å². The Hall–Kier alpha value is -1.82. The fourth-order valence-electron chi connectivity index (χ4n) is 2.17. The van der Waals surface area contributed by atoms with Crippen LogP contribution in [-0.4, -0.2) is 41.7 Å². The highest BCUT2D eigenvalue weighted by Gasteiger charge is 2.30. The second-order valence-electron chi connectivity index (χ2n) is 6.51. The Morgan fingerprint density at radius 2 is 2.10 bits per heavy atom. The summed E-state index contributed by atoms with van der Waals surface area (Å²) in [6, 6.07) is 3.98. The predicted molar refractivity (Wildman–Crippen MR) is 82.6 cm³/mol. The Morgan fingerprint density at radius 3 is 2.62 bits per heavy atom. The summed E-state index contributed by atoms with van der Waals surface area (Å²) in [6.07, 6.45) is 1.66. The molecule has 0 aliphatic carbocycles. The zero-order chi connectivity index (χ0) is 15.6. The van der Waals surface area contributed by atoms with Crippen LogP contribution in [0.5, 0.6) is 0 Å². The normalized spacial score (nSPS) is 20.4. The van der Waals surface area contributed by atoms with Crippen molar-refractivity contribution in [3.05, 3.63) is 18.3 Å². The maximum Gasteiger partial charge on any atom is 0.330 e. The van der Waals surface area contributed by atoms with Gasteiger partial charge >= 0.3 is 5.97 Å². The molecule has 1 aliphatic rings. The zero-order valence-electron chi connectivity index (χ0n) is 13.2. The van der Waals surface area contributed by atoms with Gasteiger partial charge in [-0.1, -0.05) is 0 Å². The van der Waals surface area contributed by atoms with Gasteiger partial charge in [-0.2, -0.15) is 0 Å². The number of carbonyl (C=O) groups excluding carboxylic acids is 1. The number of anilines is 2. The maximum atomic E-state index is 11.9. The number of nitrogens with zero attached hydrogens (tertiary/aromatic N) is 3. The molecule has 1 aliphatic heterocycles. The summed E-state index contributed by atoms with van der Waals surface area (Å²) in [6.45, 7) is 9.74. The molecule has 1 saturated heterocycles. The molecule has 1 aromatic rings. The van der Waals surface area contributed by atoms with E-state index in [9.17, 15) is 4.79 Å². The summed E-state index contributed by atoms with van der Waals surface area (Å²) in [5.74, 6) is 0.701. The van der Waals surface area contributed by atoms with Crippen LogP contribution in [0.3, 0.4) is 0 Å². The third kappa shape index (κ3) is 3.85. The van der Waals surface area contributed by atoms with E-state index in [2.05, 4.69) is 16.8 Å². The van der Waals surface area contributed by atoms with Gasteiger partial charge in [0.2, 0.25) is 0 Å². The van der Waals surface area contributed by atoms with Crippen molar-refractivity contribution >= 4 is 17.5 Å². The van der Waals surface area contributed by atoms with E-state index in [4.69, 9.17) is 10.6 Å². The molecule has 1 atom stereocenters. The largest absolute Gasteiger partial charge is 0.397 e. The van der Waals surface area contributed by atoms with Gasteiger partial charge in [0.05, 0.1) is 30.4 Å². The van der Waals surface area contributed by atoms with E-state index in [1.54, 1.807) is 11.3 Å². The van der Waals surface area contributed by atoms with Gasteiger partial charge in [0, 0.05) is 12.6 Å². The number of nitrogen functional groups attached to an aromatic ring is 1. The van der Waals surface area contributed by atoms with Gasteiger partial charge in [-0.25, -0.2) is 9.78 Å². The minimum atomic E-state index is -0.487. The molecule has 116 valence electrons. The molecule has 6 nitrogen and oxygen atoms in total. The topological polar surface area (TPSA) is 71.7 Å². The number of pyridine rings is 1. The number of rotatable bonds is 2. The molecule has 1 unspecified atom stereocenters. The number of hydrogen-bond donors (Lipinski definition) is 1. The van der Waals surface area contributed by atoms with Gasteiger partial charge in [0.1, 0.15) is 5.82 Å². The average Bonchev–Trinajstić information content (AvgIpc) is 2.39. The summed E-state index contributed by atoms with van der Waals surface area (Å²) in [4.78, 5) is 23.9. The van der Waals surface area contributed by atoms with E-state index < -0.39 is 5.41 Å². The van der Waals surface area contributed by atoms with Crippen molar-refractivity contribution in [1.29, 1.82) is 0 Å². The maximum absolute atomic E-state index is 11.9. The van der Waals surface area contributed by atoms with Crippen LogP contribution in [0.1, 0.15) is 27.7 Å². The first-order chi connectivity index (χ1) is 9.77. The highest BCUT2D eigenvalue weighted by atomic mass is 16.7. The molecule has 2 heterocycles. The van der Waals surface area contributed by atoms with E-state index in [0.717, 1.165) is 12.4 Å². The summed E-state index contributed by atoms with van der Waals surface area (Å²) >= 11 is 0. The first kappa shape index (κ1) is 15.6. The van der Waals surface area contributed by atoms with Crippen molar-refractivity contribution in [3.8, 4) is 0 Å². The molecule has 0 radical (unpaired) electrons. The fraction of sp³-hybridized carbons (Fsp3) is 0.600. The van der Waals surface area contributed by atoms with Crippen LogP contribution in [0.2, 0.25) is 0 Å². The van der Waals surface area contributed by atoms with Crippen LogP contribution in [0.4, 0.5) is 11.5 Å². The summed E-state index contributed by atoms with van der Waals surface area (Å²) in [7, 11) is 0. The second kappa shape index (κ2) is 5.89. The Balaban J connectivity index is 1.96. The summed E-state index contributed by atoms with van der Waals surface area (Å²) in [5.41, 5.74) is 5.83. The lowest BCUT2D eigenvalue weighted by molar-refractivity contribution is -0.203. The van der Waals surface area contributed by atoms with E-state index in [1.807, 2.05) is 32.9 Å². The molecule has 0 saturated carbocycles. The highest BCUT2D eigenvalue weighted by molar-refractivity contribution is 5.75. The monoisotopic (exact) mass is 292 g/mol. The molecule has 2 N–H and O–H groups in total. The quantitative estimate of drug-likeness (QED) is 0.894. The predicted octanol–water partition coefficient (Wildman–Crippen LogP) is 1.68. The first-order valence-corrected chi connectivity index (χ1v) is 7.23. The van der Waals surface area contributed by atoms with Gasteiger partial charge in [-0.05, 0) is 39.8 Å².